The van der Waals surface area contributed by atoms with Crippen LogP contribution in [0.2, 0.25) is 0 Å². The van der Waals surface area contributed by atoms with Gasteiger partial charge in [-0.2, -0.15) is 0 Å². The highest BCUT2D eigenvalue weighted by Crippen LogP contribution is 2.60. The first kappa shape index (κ1) is 22.2. The standard InChI is InChI=1S/C24H20B2F2O4S2/c1-23(2)13-9-6-8-12-14(24(3,4)16-18(28)22(32-25-29)34-20(12)16)10(9)5-7-11(13)19-15(23)17(27)21(33-19)26(30)31/h5-8,25,29-31H,1-4H3. The van der Waals surface area contributed by atoms with Gasteiger partial charge in [0.05, 0.1) is 4.78 Å². The van der Waals surface area contributed by atoms with E-state index < -0.39 is 37.3 Å². The lowest BCUT2D eigenvalue weighted by Crippen LogP contribution is -2.31. The van der Waals surface area contributed by atoms with Crippen molar-refractivity contribution in [3.05, 3.63) is 58.2 Å². The van der Waals surface area contributed by atoms with Gasteiger partial charge in [0.15, 0.2) is 10.9 Å². The lowest BCUT2D eigenvalue weighted by atomic mass is 9.76. The summed E-state index contributed by atoms with van der Waals surface area (Å²) in [7, 11) is -2.44. The van der Waals surface area contributed by atoms with Gasteiger partial charge in [-0.05, 0) is 33.0 Å². The topological polar surface area (TPSA) is 69.9 Å². The molecule has 0 saturated carbocycles. The maximum atomic E-state index is 15.3. The first-order valence-electron chi connectivity index (χ1n) is 10.9. The molecule has 0 aliphatic heterocycles. The average molecular weight is 496 g/mol. The van der Waals surface area contributed by atoms with Crippen LogP contribution < -0.4 is 9.43 Å². The van der Waals surface area contributed by atoms with E-state index in [0.717, 1.165) is 54.1 Å². The smallest absolute Gasteiger partial charge is 0.504 e. The van der Waals surface area contributed by atoms with Crippen LogP contribution in [0.15, 0.2) is 24.3 Å². The summed E-state index contributed by atoms with van der Waals surface area (Å²) in [5, 5.41) is 30.4. The molecule has 34 heavy (non-hydrogen) atoms. The molecule has 0 fully saturated rings. The van der Waals surface area contributed by atoms with Crippen LogP contribution in [0.3, 0.4) is 0 Å². The predicted molar refractivity (Wildman–Crippen MR) is 135 cm³/mol. The van der Waals surface area contributed by atoms with Crippen molar-refractivity contribution in [2.24, 2.45) is 0 Å². The second kappa shape index (κ2) is 6.92. The molecule has 2 aliphatic rings. The molecule has 0 amide bonds. The molecule has 0 unspecified atom stereocenters. The van der Waals surface area contributed by atoms with Gasteiger partial charge in [0.2, 0.25) is 0 Å². The average Bonchev–Trinajstić information content (AvgIpc) is 3.42. The van der Waals surface area contributed by atoms with E-state index >= 15 is 8.78 Å². The van der Waals surface area contributed by atoms with Crippen molar-refractivity contribution in [2.45, 2.75) is 38.5 Å². The summed E-state index contributed by atoms with van der Waals surface area (Å²) in [5.74, 6) is -1.00. The molecular weight excluding hydrogens is 476 g/mol. The minimum atomic E-state index is -1.85. The van der Waals surface area contributed by atoms with Crippen LogP contribution in [0.1, 0.15) is 49.9 Å². The fourth-order valence-electron chi connectivity index (χ4n) is 6.01. The molecule has 2 heterocycles. The van der Waals surface area contributed by atoms with E-state index in [1.807, 2.05) is 52.0 Å². The Kier molecular flexibility index (Phi) is 4.53. The van der Waals surface area contributed by atoms with Gasteiger partial charge in [0.25, 0.3) is 0 Å². The van der Waals surface area contributed by atoms with E-state index in [1.54, 1.807) is 0 Å². The maximum Gasteiger partial charge on any atom is 0.504 e. The number of hydrogen-bond acceptors (Lipinski definition) is 6. The van der Waals surface area contributed by atoms with Crippen molar-refractivity contribution in [2.75, 3.05) is 0 Å². The number of benzene rings is 2. The van der Waals surface area contributed by atoms with Crippen LogP contribution >= 0.6 is 22.7 Å². The van der Waals surface area contributed by atoms with Crippen LogP contribution in [-0.2, 0) is 10.8 Å². The highest BCUT2D eigenvalue weighted by molar-refractivity contribution is 7.25. The van der Waals surface area contributed by atoms with E-state index in [1.165, 1.54) is 11.3 Å². The Morgan fingerprint density at radius 2 is 1.29 bits per heavy atom. The molecule has 0 spiro atoms. The van der Waals surface area contributed by atoms with Gasteiger partial charge < -0.3 is 19.7 Å². The number of fused-ring (bicyclic) bond motifs is 9. The Morgan fingerprint density at radius 1 is 0.794 bits per heavy atom. The summed E-state index contributed by atoms with van der Waals surface area (Å²) in [4.78, 5) is 1.52. The zero-order valence-corrected chi connectivity index (χ0v) is 20.5. The van der Waals surface area contributed by atoms with E-state index in [0.29, 0.717) is 11.1 Å². The number of thiophene rings is 2. The normalized spacial score (nSPS) is 16.3. The van der Waals surface area contributed by atoms with Gasteiger partial charge >= 0.3 is 14.8 Å². The van der Waals surface area contributed by atoms with Crippen LogP contribution in [0.4, 0.5) is 8.78 Å². The Bertz CT molecular complexity index is 1540. The molecule has 4 aromatic rings. The van der Waals surface area contributed by atoms with Gasteiger partial charge in [-0.25, -0.2) is 8.78 Å². The SMILES string of the molecule is CC1(C)c2c(sc(OBO)c2F)-c2ccc3c4c(ccc3c21)-c1sc(B(O)O)c(F)c1C4(C)C. The molecule has 0 atom stereocenters. The summed E-state index contributed by atoms with van der Waals surface area (Å²) in [6.45, 7) is 7.88. The minimum absolute atomic E-state index is 0.0697. The quantitative estimate of drug-likeness (QED) is 0.373. The second-order valence-electron chi connectivity index (χ2n) is 9.86. The first-order valence-corrected chi connectivity index (χ1v) is 12.5. The van der Waals surface area contributed by atoms with Crippen molar-refractivity contribution in [1.82, 2.24) is 0 Å². The molecule has 2 aromatic heterocycles. The van der Waals surface area contributed by atoms with Crippen LogP contribution in [0.25, 0.3) is 31.7 Å². The Balaban J connectivity index is 1.63. The van der Waals surface area contributed by atoms with Gasteiger partial charge in [-0.15, -0.1) is 11.3 Å². The van der Waals surface area contributed by atoms with Crippen molar-refractivity contribution < 1.29 is 28.5 Å². The maximum absolute atomic E-state index is 15.3. The largest absolute Gasteiger partial charge is 0.529 e. The second-order valence-corrected chi connectivity index (χ2v) is 11.9. The molecule has 172 valence electrons. The molecule has 4 nitrogen and oxygen atoms in total. The van der Waals surface area contributed by atoms with E-state index in [2.05, 4.69) is 0 Å². The van der Waals surface area contributed by atoms with E-state index in [-0.39, 0.29) is 9.84 Å². The Hall–Kier alpha value is -2.23. The summed E-state index contributed by atoms with van der Waals surface area (Å²) in [5.41, 5.74) is 3.55. The summed E-state index contributed by atoms with van der Waals surface area (Å²) < 4.78 is 35.6. The monoisotopic (exact) mass is 496 g/mol. The highest BCUT2D eigenvalue weighted by atomic mass is 32.1. The van der Waals surface area contributed by atoms with Crippen LogP contribution in [0.5, 0.6) is 5.06 Å². The van der Waals surface area contributed by atoms with Gasteiger partial charge in [0, 0.05) is 31.7 Å². The molecular formula is C24H20B2F2O4S2. The molecule has 3 N–H and O–H groups in total. The zero-order valence-electron chi connectivity index (χ0n) is 18.9. The summed E-state index contributed by atoms with van der Waals surface area (Å²) >= 11 is 2.27. The van der Waals surface area contributed by atoms with Crippen molar-refractivity contribution >= 4 is 53.0 Å². The van der Waals surface area contributed by atoms with E-state index in [4.69, 9.17) is 9.68 Å². The lowest BCUT2D eigenvalue weighted by molar-refractivity contribution is 0.424. The Labute approximate surface area is 203 Å². The Morgan fingerprint density at radius 3 is 1.79 bits per heavy atom. The molecule has 2 aromatic carbocycles. The predicted octanol–water partition coefficient (Wildman–Crippen LogP) is 4.17. The van der Waals surface area contributed by atoms with Gasteiger partial charge in [-0.3, -0.25) is 0 Å². The van der Waals surface area contributed by atoms with Gasteiger partial charge in [-0.1, -0.05) is 63.3 Å². The lowest BCUT2D eigenvalue weighted by Gasteiger charge is -2.27. The van der Waals surface area contributed by atoms with E-state index in [9.17, 15) is 10.0 Å². The number of hydrogen-bond donors (Lipinski definition) is 3. The summed E-state index contributed by atoms with van der Waals surface area (Å²) in [6, 6.07) is 7.98. The summed E-state index contributed by atoms with van der Waals surface area (Å²) in [6.07, 6.45) is 0. The van der Waals surface area contributed by atoms with Crippen LogP contribution in [-0.4, -0.2) is 29.9 Å². The zero-order chi connectivity index (χ0) is 24.3. The number of halogens is 2. The third-order valence-electron chi connectivity index (χ3n) is 7.32. The first-order chi connectivity index (χ1) is 16.0. The molecule has 0 radical (unpaired) electrons. The molecule has 10 heteroatoms. The molecule has 0 saturated heterocycles. The fourth-order valence-corrected chi connectivity index (χ4v) is 8.47. The van der Waals surface area contributed by atoms with Crippen LogP contribution in [0, 0.1) is 11.6 Å². The highest BCUT2D eigenvalue weighted by Gasteiger charge is 2.46. The van der Waals surface area contributed by atoms with Crippen molar-refractivity contribution in [3.8, 4) is 25.9 Å². The van der Waals surface area contributed by atoms with Crippen molar-refractivity contribution in [3.63, 3.8) is 0 Å². The van der Waals surface area contributed by atoms with Crippen molar-refractivity contribution in [1.29, 1.82) is 0 Å². The number of rotatable bonds is 3. The fraction of sp³-hybridized carbons (Fsp3) is 0.250. The molecule has 2 aliphatic carbocycles. The molecule has 0 bridgehead atoms. The van der Waals surface area contributed by atoms with Gasteiger partial charge in [0.1, 0.15) is 5.82 Å². The molecule has 6 rings (SSSR count). The minimum Gasteiger partial charge on any atom is -0.529 e. The third kappa shape index (κ3) is 2.53. The third-order valence-corrected chi connectivity index (χ3v) is 9.66.